The lowest BCUT2D eigenvalue weighted by Gasteiger charge is -2.22. The van der Waals surface area contributed by atoms with Gasteiger partial charge in [-0.3, -0.25) is 9.59 Å². The number of rotatable bonds is 7. The Bertz CT molecular complexity index is 784. The fraction of sp³-hybridized carbons (Fsp3) is 0.300. The van der Waals surface area contributed by atoms with Crippen LogP contribution in [0.5, 0.6) is 11.5 Å². The minimum absolute atomic E-state index is 0.117. The third kappa shape index (κ3) is 5.62. The standard InChI is InChI=1S/C20H23ClN2O4/c1-12(2)18(23-19(24)13-5-7-14(21)8-6-13)20(25)22-15-9-16(26-3)11-17(10-15)27-4/h5-12,18H,1-4H3,(H,22,25)(H,23,24)/t18-/m1/s1. The number of benzene rings is 2. The molecule has 2 aromatic rings. The van der Waals surface area contributed by atoms with E-state index in [0.29, 0.717) is 27.8 Å². The van der Waals surface area contributed by atoms with Crippen LogP contribution in [-0.4, -0.2) is 32.1 Å². The highest BCUT2D eigenvalue weighted by Crippen LogP contribution is 2.26. The van der Waals surface area contributed by atoms with Crippen molar-refractivity contribution in [2.24, 2.45) is 5.92 Å². The van der Waals surface area contributed by atoms with Crippen LogP contribution in [0.25, 0.3) is 0 Å². The number of methoxy groups -OCH3 is 2. The Labute approximate surface area is 163 Å². The average molecular weight is 391 g/mol. The topological polar surface area (TPSA) is 76.7 Å². The van der Waals surface area contributed by atoms with E-state index in [0.717, 1.165) is 0 Å². The van der Waals surface area contributed by atoms with Crippen molar-refractivity contribution in [3.05, 3.63) is 53.1 Å². The van der Waals surface area contributed by atoms with Gasteiger partial charge in [0.25, 0.3) is 5.91 Å². The summed E-state index contributed by atoms with van der Waals surface area (Å²) in [6.45, 7) is 3.72. The van der Waals surface area contributed by atoms with E-state index in [1.54, 1.807) is 42.5 Å². The van der Waals surface area contributed by atoms with E-state index < -0.39 is 6.04 Å². The van der Waals surface area contributed by atoms with E-state index in [1.807, 2.05) is 13.8 Å². The Morgan fingerprint density at radius 3 is 2.00 bits per heavy atom. The first-order valence-electron chi connectivity index (χ1n) is 8.44. The summed E-state index contributed by atoms with van der Waals surface area (Å²) in [5.41, 5.74) is 0.948. The minimum atomic E-state index is -0.717. The van der Waals surface area contributed by atoms with E-state index in [4.69, 9.17) is 21.1 Å². The summed E-state index contributed by atoms with van der Waals surface area (Å²) in [6, 6.07) is 10.8. The molecule has 0 aliphatic heterocycles. The zero-order valence-corrected chi connectivity index (χ0v) is 16.5. The number of hydrogen-bond donors (Lipinski definition) is 2. The number of hydrogen-bond acceptors (Lipinski definition) is 4. The molecule has 1 atom stereocenters. The molecule has 0 spiro atoms. The largest absolute Gasteiger partial charge is 0.497 e. The summed E-state index contributed by atoms with van der Waals surface area (Å²) in [5.74, 6) is 0.312. The van der Waals surface area contributed by atoms with Crippen LogP contribution in [0.3, 0.4) is 0 Å². The fourth-order valence-electron chi connectivity index (χ4n) is 2.46. The number of anilines is 1. The van der Waals surface area contributed by atoms with Gasteiger partial charge in [-0.25, -0.2) is 0 Å². The molecule has 0 bridgehead atoms. The molecule has 0 saturated carbocycles. The first-order chi connectivity index (χ1) is 12.8. The highest BCUT2D eigenvalue weighted by molar-refractivity contribution is 6.30. The van der Waals surface area contributed by atoms with Crippen LogP contribution in [0.4, 0.5) is 5.69 Å². The third-order valence-corrected chi connectivity index (χ3v) is 4.21. The normalized spacial score (nSPS) is 11.6. The van der Waals surface area contributed by atoms with Gasteiger partial charge in [-0.2, -0.15) is 0 Å². The van der Waals surface area contributed by atoms with Crippen molar-refractivity contribution >= 4 is 29.1 Å². The Hall–Kier alpha value is -2.73. The lowest BCUT2D eigenvalue weighted by Crippen LogP contribution is -2.47. The Morgan fingerprint density at radius 2 is 1.52 bits per heavy atom. The predicted molar refractivity (Wildman–Crippen MR) is 106 cm³/mol. The van der Waals surface area contributed by atoms with Gasteiger partial charge in [-0.05, 0) is 30.2 Å². The highest BCUT2D eigenvalue weighted by atomic mass is 35.5. The quantitative estimate of drug-likeness (QED) is 0.754. The van der Waals surface area contributed by atoms with Crippen LogP contribution < -0.4 is 20.1 Å². The fourth-order valence-corrected chi connectivity index (χ4v) is 2.59. The van der Waals surface area contributed by atoms with Crippen molar-refractivity contribution in [3.8, 4) is 11.5 Å². The second-order valence-corrected chi connectivity index (χ2v) is 6.73. The SMILES string of the molecule is COc1cc(NC(=O)[C@H](NC(=O)c2ccc(Cl)cc2)C(C)C)cc(OC)c1. The third-order valence-electron chi connectivity index (χ3n) is 3.96. The minimum Gasteiger partial charge on any atom is -0.497 e. The molecule has 0 aromatic heterocycles. The Kier molecular flexibility index (Phi) is 7.07. The summed E-state index contributed by atoms with van der Waals surface area (Å²) in [4.78, 5) is 25.2. The monoisotopic (exact) mass is 390 g/mol. The maximum absolute atomic E-state index is 12.7. The molecular weight excluding hydrogens is 368 g/mol. The highest BCUT2D eigenvalue weighted by Gasteiger charge is 2.25. The molecule has 0 aliphatic rings. The van der Waals surface area contributed by atoms with Crippen molar-refractivity contribution in [1.29, 1.82) is 0 Å². The van der Waals surface area contributed by atoms with E-state index in [2.05, 4.69) is 10.6 Å². The van der Waals surface area contributed by atoms with Gasteiger partial charge in [0.2, 0.25) is 5.91 Å². The van der Waals surface area contributed by atoms with Gasteiger partial charge < -0.3 is 20.1 Å². The molecule has 2 aromatic carbocycles. The molecule has 7 heteroatoms. The number of halogens is 1. The van der Waals surface area contributed by atoms with Crippen LogP contribution in [0, 0.1) is 5.92 Å². The van der Waals surface area contributed by atoms with Crippen molar-refractivity contribution in [2.45, 2.75) is 19.9 Å². The van der Waals surface area contributed by atoms with Crippen LogP contribution in [0.2, 0.25) is 5.02 Å². The lowest BCUT2D eigenvalue weighted by molar-refractivity contribution is -0.118. The molecule has 0 saturated heterocycles. The van der Waals surface area contributed by atoms with Crippen LogP contribution in [0.15, 0.2) is 42.5 Å². The van der Waals surface area contributed by atoms with Gasteiger partial charge in [0.15, 0.2) is 0 Å². The Balaban J connectivity index is 2.15. The summed E-state index contributed by atoms with van der Waals surface area (Å²) in [6.07, 6.45) is 0. The molecule has 0 aliphatic carbocycles. The molecule has 0 unspecified atom stereocenters. The Morgan fingerprint density at radius 1 is 0.963 bits per heavy atom. The van der Waals surface area contributed by atoms with Crippen LogP contribution >= 0.6 is 11.6 Å². The molecule has 2 amide bonds. The van der Waals surface area contributed by atoms with E-state index in [9.17, 15) is 9.59 Å². The zero-order valence-electron chi connectivity index (χ0n) is 15.7. The van der Waals surface area contributed by atoms with Crippen molar-refractivity contribution in [1.82, 2.24) is 5.32 Å². The molecule has 0 heterocycles. The summed E-state index contributed by atoms with van der Waals surface area (Å²) < 4.78 is 10.4. The van der Waals surface area contributed by atoms with Gasteiger partial charge in [0.05, 0.1) is 14.2 Å². The number of carbonyl (C=O) groups is 2. The second-order valence-electron chi connectivity index (χ2n) is 6.29. The summed E-state index contributed by atoms with van der Waals surface area (Å²) in [7, 11) is 3.06. The molecule has 2 N–H and O–H groups in total. The van der Waals surface area contributed by atoms with Crippen LogP contribution in [0.1, 0.15) is 24.2 Å². The predicted octanol–water partition coefficient (Wildman–Crippen LogP) is 3.75. The number of amides is 2. The first kappa shape index (κ1) is 20.6. The zero-order chi connectivity index (χ0) is 20.0. The molecular formula is C20H23ClN2O4. The maximum Gasteiger partial charge on any atom is 0.251 e. The summed E-state index contributed by atoms with van der Waals surface area (Å²) >= 11 is 5.85. The van der Waals surface area contributed by atoms with Crippen molar-refractivity contribution < 1.29 is 19.1 Å². The molecule has 0 fully saturated rings. The second kappa shape index (κ2) is 9.28. The van der Waals surface area contributed by atoms with Gasteiger partial charge in [0.1, 0.15) is 17.5 Å². The van der Waals surface area contributed by atoms with Gasteiger partial charge in [0, 0.05) is 34.5 Å². The van der Waals surface area contributed by atoms with E-state index in [1.165, 1.54) is 14.2 Å². The van der Waals surface area contributed by atoms with Crippen molar-refractivity contribution in [3.63, 3.8) is 0 Å². The molecule has 144 valence electrons. The molecule has 2 rings (SSSR count). The smallest absolute Gasteiger partial charge is 0.251 e. The van der Waals surface area contributed by atoms with Gasteiger partial charge in [-0.1, -0.05) is 25.4 Å². The lowest BCUT2D eigenvalue weighted by atomic mass is 10.0. The van der Waals surface area contributed by atoms with Crippen LogP contribution in [-0.2, 0) is 4.79 Å². The first-order valence-corrected chi connectivity index (χ1v) is 8.82. The average Bonchev–Trinajstić information content (AvgIpc) is 2.65. The molecule has 6 nitrogen and oxygen atoms in total. The summed E-state index contributed by atoms with van der Waals surface area (Å²) in [5, 5.41) is 6.12. The molecule has 27 heavy (non-hydrogen) atoms. The van der Waals surface area contributed by atoms with Gasteiger partial charge >= 0.3 is 0 Å². The van der Waals surface area contributed by atoms with E-state index >= 15 is 0 Å². The number of ether oxygens (including phenoxy) is 2. The number of carbonyl (C=O) groups excluding carboxylic acids is 2. The molecule has 0 radical (unpaired) electrons. The van der Waals surface area contributed by atoms with Crippen molar-refractivity contribution in [2.75, 3.05) is 19.5 Å². The van der Waals surface area contributed by atoms with Gasteiger partial charge in [-0.15, -0.1) is 0 Å². The maximum atomic E-state index is 12.7. The number of nitrogens with one attached hydrogen (secondary N) is 2. The van der Waals surface area contributed by atoms with E-state index in [-0.39, 0.29) is 17.7 Å².